The van der Waals surface area contributed by atoms with Crippen LogP contribution in [0.5, 0.6) is 0 Å². The molecule has 0 nitrogen and oxygen atoms in total. The highest BCUT2D eigenvalue weighted by Crippen LogP contribution is 2.28. The second-order valence-corrected chi connectivity index (χ2v) is 6.20. The van der Waals surface area contributed by atoms with Gasteiger partial charge in [0.15, 0.2) is 0 Å². The van der Waals surface area contributed by atoms with Crippen LogP contribution in [0.15, 0.2) is 42.5 Å². The smallest absolute Gasteiger partial charge is 0.0440 e. The zero-order valence-electron chi connectivity index (χ0n) is 10.7. The molecule has 1 atom stereocenters. The van der Waals surface area contributed by atoms with Crippen LogP contribution in [0.3, 0.4) is 0 Å². The van der Waals surface area contributed by atoms with Gasteiger partial charge in [0.25, 0.3) is 0 Å². The van der Waals surface area contributed by atoms with Gasteiger partial charge in [0.05, 0.1) is 0 Å². The van der Waals surface area contributed by atoms with E-state index >= 15 is 0 Å². The van der Waals surface area contributed by atoms with Gasteiger partial charge < -0.3 is 0 Å². The summed E-state index contributed by atoms with van der Waals surface area (Å²) in [6, 6.07) is 14.2. The minimum absolute atomic E-state index is 0.374. The van der Waals surface area contributed by atoms with E-state index in [9.17, 15) is 0 Å². The molecule has 1 unspecified atom stereocenters. The number of hydrogen-bond acceptors (Lipinski definition) is 0. The lowest BCUT2D eigenvalue weighted by atomic mass is 9.93. The molecule has 0 aliphatic carbocycles. The third kappa shape index (κ3) is 3.98. The Labute approximate surface area is 132 Å². The Bertz CT molecular complexity index is 566. The van der Waals surface area contributed by atoms with Crippen molar-refractivity contribution in [3.8, 4) is 0 Å². The van der Waals surface area contributed by atoms with Crippen LogP contribution in [0.25, 0.3) is 0 Å². The summed E-state index contributed by atoms with van der Waals surface area (Å²) in [6.45, 7) is 2.05. The van der Waals surface area contributed by atoms with E-state index in [1.54, 1.807) is 0 Å². The predicted octanol–water partition coefficient (Wildman–Crippen LogP) is 6.02. The van der Waals surface area contributed by atoms with Crippen molar-refractivity contribution in [2.24, 2.45) is 0 Å². The van der Waals surface area contributed by atoms with Crippen molar-refractivity contribution in [3.05, 3.63) is 69.2 Å². The summed E-state index contributed by atoms with van der Waals surface area (Å²) >= 11 is 16.0. The lowest BCUT2D eigenvalue weighted by Gasteiger charge is -2.16. The minimum atomic E-state index is 0.374. The SMILES string of the molecule is Cc1ccc(CC(CBr)c2cccc(Cl)c2)c(Cl)c1. The highest BCUT2D eigenvalue weighted by atomic mass is 79.9. The van der Waals surface area contributed by atoms with Gasteiger partial charge in [0.1, 0.15) is 0 Å². The van der Waals surface area contributed by atoms with Gasteiger partial charge in [-0.3, -0.25) is 0 Å². The second-order valence-electron chi connectivity index (χ2n) is 4.71. The summed E-state index contributed by atoms with van der Waals surface area (Å²) in [7, 11) is 0. The summed E-state index contributed by atoms with van der Waals surface area (Å²) in [4.78, 5) is 0. The number of benzene rings is 2. The fourth-order valence-electron chi connectivity index (χ4n) is 2.11. The summed E-state index contributed by atoms with van der Waals surface area (Å²) in [5.74, 6) is 0.374. The van der Waals surface area contributed by atoms with Gasteiger partial charge in [0.2, 0.25) is 0 Å². The van der Waals surface area contributed by atoms with E-state index in [0.717, 1.165) is 21.8 Å². The molecule has 0 fully saturated rings. The lowest BCUT2D eigenvalue weighted by molar-refractivity contribution is 0.775. The van der Waals surface area contributed by atoms with Gasteiger partial charge in [-0.2, -0.15) is 0 Å². The van der Waals surface area contributed by atoms with Gasteiger partial charge in [-0.1, -0.05) is 63.4 Å². The normalized spacial score (nSPS) is 12.4. The first kappa shape index (κ1) is 14.9. The van der Waals surface area contributed by atoms with Gasteiger partial charge in [-0.05, 0) is 54.2 Å². The predicted molar refractivity (Wildman–Crippen MR) is 87.9 cm³/mol. The molecule has 0 saturated carbocycles. The molecule has 0 spiro atoms. The van der Waals surface area contributed by atoms with Crippen LogP contribution in [0.2, 0.25) is 10.0 Å². The standard InChI is InChI=1S/C16H15BrCl2/c1-11-5-6-13(16(19)7-11)8-14(10-17)12-3-2-4-15(18)9-12/h2-7,9,14H,8,10H2,1H3. The van der Waals surface area contributed by atoms with Gasteiger partial charge in [0, 0.05) is 15.4 Å². The first-order chi connectivity index (χ1) is 9.10. The maximum Gasteiger partial charge on any atom is 0.0440 e. The van der Waals surface area contributed by atoms with Crippen molar-refractivity contribution >= 4 is 39.1 Å². The summed E-state index contributed by atoms with van der Waals surface area (Å²) in [6.07, 6.45) is 0.907. The minimum Gasteiger partial charge on any atom is -0.0921 e. The fourth-order valence-corrected chi connectivity index (χ4v) is 3.22. The van der Waals surface area contributed by atoms with Crippen molar-refractivity contribution in [1.82, 2.24) is 0 Å². The van der Waals surface area contributed by atoms with E-state index in [1.165, 1.54) is 16.7 Å². The Balaban J connectivity index is 2.24. The number of hydrogen-bond donors (Lipinski definition) is 0. The number of alkyl halides is 1. The van der Waals surface area contributed by atoms with Crippen molar-refractivity contribution in [1.29, 1.82) is 0 Å². The van der Waals surface area contributed by atoms with Crippen LogP contribution >= 0.6 is 39.1 Å². The average Bonchev–Trinajstić information content (AvgIpc) is 2.38. The van der Waals surface area contributed by atoms with Crippen molar-refractivity contribution in [3.63, 3.8) is 0 Å². The van der Waals surface area contributed by atoms with E-state index in [-0.39, 0.29) is 0 Å². The molecule has 2 aromatic rings. The Morgan fingerprint density at radius 2 is 1.89 bits per heavy atom. The van der Waals surface area contributed by atoms with Crippen LogP contribution in [0.1, 0.15) is 22.6 Å². The summed E-state index contributed by atoms with van der Waals surface area (Å²) < 4.78 is 0. The Morgan fingerprint density at radius 1 is 1.11 bits per heavy atom. The molecule has 0 N–H and O–H groups in total. The zero-order chi connectivity index (χ0) is 13.8. The van der Waals surface area contributed by atoms with Gasteiger partial charge in [-0.15, -0.1) is 0 Å². The van der Waals surface area contributed by atoms with Crippen LogP contribution in [0, 0.1) is 6.92 Å². The topological polar surface area (TPSA) is 0 Å². The van der Waals surface area contributed by atoms with E-state index in [0.29, 0.717) is 5.92 Å². The molecule has 0 aliphatic heterocycles. The molecule has 3 heteroatoms. The molecule has 100 valence electrons. The molecule has 2 rings (SSSR count). The third-order valence-corrected chi connectivity index (χ3v) is 4.55. The largest absolute Gasteiger partial charge is 0.0921 e. The molecular weight excluding hydrogens is 343 g/mol. The molecule has 2 aromatic carbocycles. The average molecular weight is 358 g/mol. The molecule has 0 radical (unpaired) electrons. The van der Waals surface area contributed by atoms with Crippen LogP contribution in [0.4, 0.5) is 0 Å². The highest BCUT2D eigenvalue weighted by molar-refractivity contribution is 9.09. The number of aryl methyl sites for hydroxylation is 1. The fraction of sp³-hybridized carbons (Fsp3) is 0.250. The molecule has 0 heterocycles. The molecule has 0 bridgehead atoms. The second kappa shape index (κ2) is 6.78. The van der Waals surface area contributed by atoms with Crippen molar-refractivity contribution in [2.45, 2.75) is 19.3 Å². The highest BCUT2D eigenvalue weighted by Gasteiger charge is 2.13. The molecule has 0 aromatic heterocycles. The van der Waals surface area contributed by atoms with Crippen LogP contribution < -0.4 is 0 Å². The van der Waals surface area contributed by atoms with E-state index in [2.05, 4.69) is 41.1 Å². The Kier molecular flexibility index (Phi) is 5.32. The third-order valence-electron chi connectivity index (χ3n) is 3.18. The Morgan fingerprint density at radius 3 is 2.53 bits per heavy atom. The van der Waals surface area contributed by atoms with E-state index in [4.69, 9.17) is 23.2 Å². The monoisotopic (exact) mass is 356 g/mol. The summed E-state index contributed by atoms with van der Waals surface area (Å²) in [5.41, 5.74) is 3.60. The first-order valence-corrected chi connectivity index (χ1v) is 8.04. The van der Waals surface area contributed by atoms with Crippen LogP contribution in [-0.4, -0.2) is 5.33 Å². The van der Waals surface area contributed by atoms with Crippen molar-refractivity contribution < 1.29 is 0 Å². The molecule has 0 amide bonds. The molecule has 0 saturated heterocycles. The quantitative estimate of drug-likeness (QED) is 0.586. The first-order valence-electron chi connectivity index (χ1n) is 6.16. The van der Waals surface area contributed by atoms with Crippen molar-refractivity contribution in [2.75, 3.05) is 5.33 Å². The molecule has 19 heavy (non-hydrogen) atoms. The Hall–Kier alpha value is -0.500. The molecular formula is C16H15BrCl2. The lowest BCUT2D eigenvalue weighted by Crippen LogP contribution is -2.05. The zero-order valence-corrected chi connectivity index (χ0v) is 13.8. The van der Waals surface area contributed by atoms with E-state index in [1.807, 2.05) is 24.3 Å². The number of halogens is 3. The van der Waals surface area contributed by atoms with Gasteiger partial charge in [-0.25, -0.2) is 0 Å². The summed E-state index contributed by atoms with van der Waals surface area (Å²) in [5, 5.41) is 2.50. The maximum absolute atomic E-state index is 6.31. The van der Waals surface area contributed by atoms with Gasteiger partial charge >= 0.3 is 0 Å². The molecule has 0 aliphatic rings. The van der Waals surface area contributed by atoms with E-state index < -0.39 is 0 Å². The maximum atomic E-state index is 6.31. The number of rotatable bonds is 4. The van der Waals surface area contributed by atoms with Crippen LogP contribution in [-0.2, 0) is 6.42 Å².